The third kappa shape index (κ3) is 3.29. The maximum absolute atomic E-state index is 12.6. The van der Waals surface area contributed by atoms with E-state index in [1.807, 2.05) is 4.90 Å². The second kappa shape index (κ2) is 5.81. The highest BCUT2D eigenvalue weighted by atomic mass is 19.4. The van der Waals surface area contributed by atoms with Gasteiger partial charge in [-0.05, 0) is 36.6 Å². The molecule has 0 aliphatic carbocycles. The molecule has 2 aromatic rings. The largest absolute Gasteiger partial charge is 0.416 e. The lowest BCUT2D eigenvalue weighted by Crippen LogP contribution is -2.43. The lowest BCUT2D eigenvalue weighted by molar-refractivity contribution is -0.137. The molecule has 23 heavy (non-hydrogen) atoms. The molecule has 0 atom stereocenters. The van der Waals surface area contributed by atoms with Crippen molar-refractivity contribution < 1.29 is 18.3 Å². The van der Waals surface area contributed by atoms with Crippen molar-refractivity contribution in [2.75, 3.05) is 18.0 Å². The van der Waals surface area contributed by atoms with Crippen molar-refractivity contribution in [1.29, 1.82) is 0 Å². The van der Waals surface area contributed by atoms with Crippen molar-refractivity contribution >= 4 is 5.95 Å². The quantitative estimate of drug-likeness (QED) is 0.923. The van der Waals surface area contributed by atoms with Crippen molar-refractivity contribution in [1.82, 2.24) is 9.97 Å². The first kappa shape index (κ1) is 15.7. The first-order valence-electron chi connectivity index (χ1n) is 7.31. The molecule has 1 saturated heterocycles. The van der Waals surface area contributed by atoms with E-state index < -0.39 is 17.3 Å². The Balaban J connectivity index is 1.72. The van der Waals surface area contributed by atoms with Gasteiger partial charge < -0.3 is 10.0 Å². The van der Waals surface area contributed by atoms with Crippen LogP contribution in [0.4, 0.5) is 19.1 Å². The van der Waals surface area contributed by atoms with Gasteiger partial charge in [-0.15, -0.1) is 0 Å². The topological polar surface area (TPSA) is 49.2 Å². The first-order chi connectivity index (χ1) is 10.9. The van der Waals surface area contributed by atoms with Gasteiger partial charge in [0, 0.05) is 25.5 Å². The van der Waals surface area contributed by atoms with E-state index in [0.29, 0.717) is 37.4 Å². The Morgan fingerprint density at radius 2 is 1.57 bits per heavy atom. The minimum absolute atomic E-state index is 0.413. The van der Waals surface area contributed by atoms with Gasteiger partial charge in [0.2, 0.25) is 5.95 Å². The summed E-state index contributed by atoms with van der Waals surface area (Å²) in [4.78, 5) is 10.3. The third-order valence-corrected chi connectivity index (χ3v) is 4.18. The third-order valence-electron chi connectivity index (χ3n) is 4.18. The van der Waals surface area contributed by atoms with Crippen LogP contribution in [0.3, 0.4) is 0 Å². The Morgan fingerprint density at radius 3 is 2.09 bits per heavy atom. The van der Waals surface area contributed by atoms with Gasteiger partial charge in [0.25, 0.3) is 0 Å². The molecule has 3 rings (SSSR count). The zero-order valence-electron chi connectivity index (χ0n) is 12.3. The van der Waals surface area contributed by atoms with Crippen LogP contribution in [0.15, 0.2) is 42.7 Å². The van der Waals surface area contributed by atoms with Gasteiger partial charge in [-0.2, -0.15) is 13.2 Å². The molecule has 1 aromatic heterocycles. The van der Waals surface area contributed by atoms with Crippen LogP contribution in [-0.4, -0.2) is 28.2 Å². The predicted molar refractivity (Wildman–Crippen MR) is 78.8 cm³/mol. The fourth-order valence-electron chi connectivity index (χ4n) is 2.79. The number of alkyl halides is 3. The number of rotatable bonds is 2. The average molecular weight is 323 g/mol. The van der Waals surface area contributed by atoms with Crippen LogP contribution in [0.2, 0.25) is 0 Å². The summed E-state index contributed by atoms with van der Waals surface area (Å²) in [6.45, 7) is 1.09. The van der Waals surface area contributed by atoms with Gasteiger partial charge in [0.1, 0.15) is 0 Å². The van der Waals surface area contributed by atoms with E-state index >= 15 is 0 Å². The van der Waals surface area contributed by atoms with E-state index in [4.69, 9.17) is 0 Å². The number of halogens is 3. The second-order valence-corrected chi connectivity index (χ2v) is 5.64. The summed E-state index contributed by atoms with van der Waals surface area (Å²) in [6, 6.07) is 6.47. The summed E-state index contributed by atoms with van der Waals surface area (Å²) < 4.78 is 37.8. The molecule has 122 valence electrons. The van der Waals surface area contributed by atoms with Crippen molar-refractivity contribution in [3.8, 4) is 0 Å². The van der Waals surface area contributed by atoms with Crippen molar-refractivity contribution in [3.05, 3.63) is 53.9 Å². The van der Waals surface area contributed by atoms with E-state index in [9.17, 15) is 18.3 Å². The molecule has 0 unspecified atom stereocenters. The smallest absolute Gasteiger partial charge is 0.385 e. The number of hydrogen-bond acceptors (Lipinski definition) is 4. The first-order valence-corrected chi connectivity index (χ1v) is 7.31. The zero-order valence-corrected chi connectivity index (χ0v) is 12.3. The van der Waals surface area contributed by atoms with E-state index in [-0.39, 0.29) is 0 Å². The standard InChI is InChI=1S/C16H16F3N3O/c17-16(18,19)13-4-2-12(3-5-13)15(23)6-10-22(11-7-15)14-20-8-1-9-21-14/h1-5,8-9,23H,6-7,10-11H2. The fourth-order valence-corrected chi connectivity index (χ4v) is 2.79. The minimum Gasteiger partial charge on any atom is -0.385 e. The molecule has 4 nitrogen and oxygen atoms in total. The van der Waals surface area contributed by atoms with Crippen LogP contribution in [0.5, 0.6) is 0 Å². The number of aromatic nitrogens is 2. The van der Waals surface area contributed by atoms with Gasteiger partial charge in [0.15, 0.2) is 0 Å². The van der Waals surface area contributed by atoms with Crippen LogP contribution in [0.25, 0.3) is 0 Å². The molecule has 2 heterocycles. The zero-order chi connectivity index (χ0) is 16.5. The summed E-state index contributed by atoms with van der Waals surface area (Å²) in [7, 11) is 0. The van der Waals surface area contributed by atoms with E-state index in [0.717, 1.165) is 12.1 Å². The molecule has 0 bridgehead atoms. The molecule has 1 aliphatic heterocycles. The predicted octanol–water partition coefficient (Wildman–Crippen LogP) is 2.98. The summed E-state index contributed by atoms with van der Waals surface area (Å²) in [5.74, 6) is 0.599. The SMILES string of the molecule is OC1(c2ccc(C(F)(F)F)cc2)CCN(c2ncccn2)CC1. The molecule has 7 heteroatoms. The lowest BCUT2D eigenvalue weighted by atomic mass is 9.84. The van der Waals surface area contributed by atoms with Gasteiger partial charge in [-0.1, -0.05) is 12.1 Å². The molecule has 1 aromatic carbocycles. The van der Waals surface area contributed by atoms with Crippen molar-refractivity contribution in [3.63, 3.8) is 0 Å². The number of piperidine rings is 1. The summed E-state index contributed by atoms with van der Waals surface area (Å²) >= 11 is 0. The van der Waals surface area contributed by atoms with Gasteiger partial charge >= 0.3 is 6.18 Å². The van der Waals surface area contributed by atoms with Crippen molar-refractivity contribution in [2.45, 2.75) is 24.6 Å². The highest BCUT2D eigenvalue weighted by Crippen LogP contribution is 2.36. The fraction of sp³-hybridized carbons (Fsp3) is 0.375. The highest BCUT2D eigenvalue weighted by molar-refractivity contribution is 5.34. The van der Waals surface area contributed by atoms with Crippen LogP contribution in [0.1, 0.15) is 24.0 Å². The Hall–Kier alpha value is -2.15. The van der Waals surface area contributed by atoms with Crippen LogP contribution < -0.4 is 4.90 Å². The van der Waals surface area contributed by atoms with Gasteiger partial charge in [-0.25, -0.2) is 9.97 Å². The van der Waals surface area contributed by atoms with E-state index in [1.165, 1.54) is 12.1 Å². The Labute approximate surface area is 131 Å². The van der Waals surface area contributed by atoms with Crippen molar-refractivity contribution in [2.24, 2.45) is 0 Å². The number of nitrogens with zero attached hydrogens (tertiary/aromatic N) is 3. The van der Waals surface area contributed by atoms with Gasteiger partial charge in [0.05, 0.1) is 11.2 Å². The lowest BCUT2D eigenvalue weighted by Gasteiger charge is -2.38. The Bertz CT molecular complexity index is 651. The van der Waals surface area contributed by atoms with E-state index in [1.54, 1.807) is 18.5 Å². The molecule has 0 saturated carbocycles. The minimum atomic E-state index is -4.37. The number of anilines is 1. The molecule has 1 aliphatic rings. The summed E-state index contributed by atoms with van der Waals surface area (Å²) in [6.07, 6.45) is -0.236. The number of aliphatic hydroxyl groups is 1. The summed E-state index contributed by atoms with van der Waals surface area (Å²) in [5.41, 5.74) is -1.31. The molecule has 0 amide bonds. The monoisotopic (exact) mass is 323 g/mol. The van der Waals surface area contributed by atoms with E-state index in [2.05, 4.69) is 9.97 Å². The normalized spacial score (nSPS) is 18.0. The van der Waals surface area contributed by atoms with Crippen LogP contribution in [-0.2, 0) is 11.8 Å². The maximum atomic E-state index is 12.6. The van der Waals surface area contributed by atoms with Crippen LogP contribution >= 0.6 is 0 Å². The average Bonchev–Trinajstić information content (AvgIpc) is 2.56. The molecular weight excluding hydrogens is 307 g/mol. The van der Waals surface area contributed by atoms with Crippen LogP contribution in [0, 0.1) is 0 Å². The Kier molecular flexibility index (Phi) is 3.97. The molecule has 1 N–H and O–H groups in total. The Morgan fingerprint density at radius 1 is 1.00 bits per heavy atom. The molecular formula is C16H16F3N3O. The summed E-state index contributed by atoms with van der Waals surface area (Å²) in [5, 5.41) is 10.8. The maximum Gasteiger partial charge on any atom is 0.416 e. The second-order valence-electron chi connectivity index (χ2n) is 5.64. The number of benzene rings is 1. The number of hydrogen-bond donors (Lipinski definition) is 1. The molecule has 0 spiro atoms. The molecule has 0 radical (unpaired) electrons. The highest BCUT2D eigenvalue weighted by Gasteiger charge is 2.36. The molecule has 1 fully saturated rings. The van der Waals surface area contributed by atoms with Gasteiger partial charge in [-0.3, -0.25) is 0 Å².